The van der Waals surface area contributed by atoms with E-state index < -0.39 is 0 Å². The van der Waals surface area contributed by atoms with Gasteiger partial charge >= 0.3 is 0 Å². The normalized spacial score (nSPS) is 11.1. The van der Waals surface area contributed by atoms with E-state index in [9.17, 15) is 4.79 Å². The van der Waals surface area contributed by atoms with Gasteiger partial charge in [-0.15, -0.1) is 0 Å². The molecule has 1 N–H and O–H groups in total. The average Bonchev–Trinajstić information content (AvgIpc) is 3.26. The van der Waals surface area contributed by atoms with Gasteiger partial charge in [-0.05, 0) is 55.3 Å². The zero-order valence-corrected chi connectivity index (χ0v) is 15.6. The quantitative estimate of drug-likeness (QED) is 0.604. The van der Waals surface area contributed by atoms with Crippen molar-refractivity contribution in [2.75, 3.05) is 5.32 Å². The summed E-state index contributed by atoms with van der Waals surface area (Å²) in [6, 6.07) is 13.6. The van der Waals surface area contributed by atoms with Gasteiger partial charge in [0.2, 0.25) is 0 Å². The van der Waals surface area contributed by atoms with E-state index in [4.69, 9.17) is 0 Å². The van der Waals surface area contributed by atoms with Crippen LogP contribution in [0.1, 0.15) is 27.2 Å². The summed E-state index contributed by atoms with van der Waals surface area (Å²) in [5.41, 5.74) is 6.07. The van der Waals surface area contributed by atoms with Crippen molar-refractivity contribution in [3.8, 4) is 0 Å². The number of rotatable bonds is 4. The molecule has 0 saturated carbocycles. The van der Waals surface area contributed by atoms with E-state index in [0.717, 1.165) is 22.2 Å². The Morgan fingerprint density at radius 2 is 1.89 bits per heavy atom. The summed E-state index contributed by atoms with van der Waals surface area (Å²) in [6.07, 6.45) is 3.19. The second kappa shape index (κ2) is 6.72. The summed E-state index contributed by atoms with van der Waals surface area (Å²) in [5.74, 6) is -0.109. The molecule has 6 heteroatoms. The highest BCUT2D eigenvalue weighted by molar-refractivity contribution is 6.06. The Morgan fingerprint density at radius 1 is 1.11 bits per heavy atom. The minimum atomic E-state index is -0.109. The van der Waals surface area contributed by atoms with Gasteiger partial charge in [-0.25, -0.2) is 9.67 Å². The Morgan fingerprint density at radius 3 is 2.59 bits per heavy atom. The zero-order valence-electron chi connectivity index (χ0n) is 15.6. The van der Waals surface area contributed by atoms with Gasteiger partial charge in [-0.2, -0.15) is 5.10 Å². The molecule has 1 amide bonds. The van der Waals surface area contributed by atoms with Gasteiger partial charge in [-0.1, -0.05) is 12.1 Å². The number of hydrogen-bond acceptors (Lipinski definition) is 3. The van der Waals surface area contributed by atoms with Crippen molar-refractivity contribution in [3.63, 3.8) is 0 Å². The number of carbonyl (C=O) groups excluding carboxylic acids is 1. The van der Waals surface area contributed by atoms with Gasteiger partial charge in [0.25, 0.3) is 5.91 Å². The van der Waals surface area contributed by atoms with Gasteiger partial charge in [0, 0.05) is 34.9 Å². The van der Waals surface area contributed by atoms with E-state index in [1.54, 1.807) is 11.0 Å². The second-order valence-electron chi connectivity index (χ2n) is 6.75. The maximum atomic E-state index is 12.7. The third-order valence-electron chi connectivity index (χ3n) is 5.09. The first-order valence-corrected chi connectivity index (χ1v) is 8.81. The lowest BCUT2D eigenvalue weighted by molar-refractivity contribution is 0.102. The summed E-state index contributed by atoms with van der Waals surface area (Å²) in [7, 11) is 2.05. The van der Waals surface area contributed by atoms with Crippen LogP contribution in [0.5, 0.6) is 0 Å². The van der Waals surface area contributed by atoms with Crippen LogP contribution in [0.25, 0.3) is 10.9 Å². The van der Waals surface area contributed by atoms with Gasteiger partial charge in [0.1, 0.15) is 12.7 Å². The molecule has 4 aromatic rings. The van der Waals surface area contributed by atoms with Crippen molar-refractivity contribution in [1.29, 1.82) is 0 Å². The van der Waals surface area contributed by atoms with E-state index >= 15 is 0 Å². The lowest BCUT2D eigenvalue weighted by Crippen LogP contribution is -2.12. The topological polar surface area (TPSA) is 64.7 Å². The first kappa shape index (κ1) is 17.0. The number of aromatic nitrogens is 4. The minimum absolute atomic E-state index is 0.109. The highest BCUT2D eigenvalue weighted by Crippen LogP contribution is 2.25. The van der Waals surface area contributed by atoms with Gasteiger partial charge in [-0.3, -0.25) is 4.79 Å². The molecule has 0 radical (unpaired) electrons. The summed E-state index contributed by atoms with van der Waals surface area (Å²) in [4.78, 5) is 16.6. The van der Waals surface area contributed by atoms with Crippen LogP contribution in [-0.4, -0.2) is 25.2 Å². The molecular formula is C21H21N5O. The second-order valence-corrected chi connectivity index (χ2v) is 6.75. The van der Waals surface area contributed by atoms with Crippen LogP contribution in [-0.2, 0) is 13.6 Å². The third-order valence-corrected chi connectivity index (χ3v) is 5.09. The molecule has 0 aliphatic rings. The molecule has 2 heterocycles. The number of benzene rings is 2. The smallest absolute Gasteiger partial charge is 0.255 e. The van der Waals surface area contributed by atoms with Crippen molar-refractivity contribution in [2.45, 2.75) is 20.4 Å². The maximum absolute atomic E-state index is 12.7. The fourth-order valence-electron chi connectivity index (χ4n) is 3.30. The molecule has 2 aromatic heterocycles. The molecule has 2 aromatic carbocycles. The molecule has 4 rings (SSSR count). The van der Waals surface area contributed by atoms with E-state index in [1.165, 1.54) is 17.6 Å². The molecule has 0 bridgehead atoms. The Kier molecular flexibility index (Phi) is 4.24. The SMILES string of the molecule is Cc1c(C)n(C)c2ccc(C(=O)Nc3ccc(Cn4cncn4)cc3)cc12. The molecule has 6 nitrogen and oxygen atoms in total. The van der Waals surface area contributed by atoms with Gasteiger partial charge in [0.05, 0.1) is 6.54 Å². The Hall–Kier alpha value is -3.41. The van der Waals surface area contributed by atoms with Crippen LogP contribution in [0.4, 0.5) is 5.69 Å². The summed E-state index contributed by atoms with van der Waals surface area (Å²) < 4.78 is 3.91. The minimum Gasteiger partial charge on any atom is -0.348 e. The summed E-state index contributed by atoms with van der Waals surface area (Å²) >= 11 is 0. The number of amides is 1. The van der Waals surface area contributed by atoms with Crippen LogP contribution in [0.2, 0.25) is 0 Å². The standard InChI is InChI=1S/C21H21N5O/c1-14-15(2)25(3)20-9-6-17(10-19(14)20)21(27)24-18-7-4-16(5-8-18)11-26-13-22-12-23-26/h4-10,12-13H,11H2,1-3H3,(H,24,27). The van der Waals surface area contributed by atoms with Gasteiger partial charge in [0.15, 0.2) is 0 Å². The fourth-order valence-corrected chi connectivity index (χ4v) is 3.30. The van der Waals surface area contributed by atoms with E-state index in [0.29, 0.717) is 12.1 Å². The first-order chi connectivity index (χ1) is 13.0. The monoisotopic (exact) mass is 359 g/mol. The highest BCUT2D eigenvalue weighted by atomic mass is 16.1. The molecular weight excluding hydrogens is 338 g/mol. The number of anilines is 1. The molecule has 0 aliphatic heterocycles. The number of carbonyl (C=O) groups is 1. The molecule has 136 valence electrons. The maximum Gasteiger partial charge on any atom is 0.255 e. The summed E-state index contributed by atoms with van der Waals surface area (Å²) in [5, 5.41) is 8.18. The van der Waals surface area contributed by atoms with Crippen molar-refractivity contribution < 1.29 is 4.79 Å². The lowest BCUT2D eigenvalue weighted by atomic mass is 10.1. The molecule has 0 spiro atoms. The van der Waals surface area contributed by atoms with Crippen LogP contribution >= 0.6 is 0 Å². The predicted octanol–water partition coefficient (Wildman–Crippen LogP) is 3.69. The number of hydrogen-bond donors (Lipinski definition) is 1. The lowest BCUT2D eigenvalue weighted by Gasteiger charge is -2.07. The molecule has 0 fully saturated rings. The molecule has 0 unspecified atom stereocenters. The van der Waals surface area contributed by atoms with E-state index in [1.807, 2.05) is 49.5 Å². The first-order valence-electron chi connectivity index (χ1n) is 8.81. The largest absolute Gasteiger partial charge is 0.348 e. The van der Waals surface area contributed by atoms with Crippen molar-refractivity contribution in [1.82, 2.24) is 19.3 Å². The number of fused-ring (bicyclic) bond motifs is 1. The zero-order chi connectivity index (χ0) is 19.0. The molecule has 27 heavy (non-hydrogen) atoms. The van der Waals surface area contributed by atoms with Crippen LogP contribution in [0.15, 0.2) is 55.1 Å². The van der Waals surface area contributed by atoms with Gasteiger partial charge < -0.3 is 9.88 Å². The third kappa shape index (κ3) is 3.21. The van der Waals surface area contributed by atoms with Crippen molar-refractivity contribution in [2.24, 2.45) is 7.05 Å². The Balaban J connectivity index is 1.52. The Bertz CT molecular complexity index is 1110. The number of aryl methyl sites for hydroxylation is 2. The van der Waals surface area contributed by atoms with E-state index in [-0.39, 0.29) is 5.91 Å². The predicted molar refractivity (Wildman–Crippen MR) is 106 cm³/mol. The molecule has 0 saturated heterocycles. The van der Waals surface area contributed by atoms with Crippen LogP contribution < -0.4 is 5.32 Å². The Labute approximate surface area is 157 Å². The molecule has 0 atom stereocenters. The number of nitrogens with zero attached hydrogens (tertiary/aromatic N) is 4. The molecule has 0 aliphatic carbocycles. The van der Waals surface area contributed by atoms with E-state index in [2.05, 4.69) is 33.8 Å². The average molecular weight is 359 g/mol. The van der Waals surface area contributed by atoms with Crippen LogP contribution in [0.3, 0.4) is 0 Å². The fraction of sp³-hybridized carbons (Fsp3) is 0.190. The highest BCUT2D eigenvalue weighted by Gasteiger charge is 2.12. The summed E-state index contributed by atoms with van der Waals surface area (Å²) in [6.45, 7) is 4.83. The van der Waals surface area contributed by atoms with Crippen molar-refractivity contribution >= 4 is 22.5 Å². The number of nitrogens with one attached hydrogen (secondary N) is 1. The van der Waals surface area contributed by atoms with Crippen LogP contribution in [0, 0.1) is 13.8 Å². The van der Waals surface area contributed by atoms with Crippen molar-refractivity contribution in [3.05, 3.63) is 77.5 Å².